The van der Waals surface area contributed by atoms with Crippen LogP contribution in [0.25, 0.3) is 0 Å². The summed E-state index contributed by atoms with van der Waals surface area (Å²) in [4.78, 5) is 0. The van der Waals surface area contributed by atoms with Crippen molar-refractivity contribution in [2.75, 3.05) is 18.5 Å². The van der Waals surface area contributed by atoms with Gasteiger partial charge in [0.25, 0.3) is 0 Å². The van der Waals surface area contributed by atoms with Gasteiger partial charge in [0.1, 0.15) is 0 Å². The molecule has 0 saturated carbocycles. The van der Waals surface area contributed by atoms with E-state index in [1.165, 1.54) is 18.5 Å². The second kappa shape index (κ2) is 6.06. The standard InChI is InChI=1S/C9H22P.B/c1-6-10(7-2,8-3)9(4)5;/h9H,6-8H2,1-5H3;/q+1;-1. The minimum Gasteiger partial charge on any atom is -1.00 e. The lowest BCUT2D eigenvalue weighted by Crippen LogP contribution is -2.12. The molecule has 0 aliphatic carbocycles. The second-order valence-corrected chi connectivity index (χ2v) is 8.63. The van der Waals surface area contributed by atoms with Gasteiger partial charge in [0, 0.05) is 7.26 Å². The molecule has 0 nitrogen and oxygen atoms in total. The Labute approximate surface area is 75.1 Å². The van der Waals surface area contributed by atoms with Crippen LogP contribution in [-0.4, -0.2) is 32.6 Å². The summed E-state index contributed by atoms with van der Waals surface area (Å²) in [5.74, 6) is 0. The predicted molar refractivity (Wildman–Crippen MR) is 59.4 cm³/mol. The summed E-state index contributed by atoms with van der Waals surface area (Å²) in [5, 5.41) is 0. The molecule has 0 atom stereocenters. The molecule has 0 saturated heterocycles. The first-order chi connectivity index (χ1) is 4.63. The van der Waals surface area contributed by atoms with E-state index in [2.05, 4.69) is 34.6 Å². The molecule has 0 amide bonds. The summed E-state index contributed by atoms with van der Waals surface area (Å²) >= 11 is 0. The van der Waals surface area contributed by atoms with Gasteiger partial charge in [0.15, 0.2) is 0 Å². The van der Waals surface area contributed by atoms with E-state index in [1.54, 1.807) is 0 Å². The first kappa shape index (κ1) is 14.0. The van der Waals surface area contributed by atoms with Crippen molar-refractivity contribution in [3.05, 3.63) is 0 Å². The molecule has 0 bridgehead atoms. The van der Waals surface area contributed by atoms with Crippen LogP contribution in [0.15, 0.2) is 0 Å². The highest BCUT2D eigenvalue weighted by molar-refractivity contribution is 7.76. The first-order valence-corrected chi connectivity index (χ1v) is 6.90. The molecule has 0 aromatic carbocycles. The largest absolute Gasteiger partial charge is 1.00 e. The highest BCUT2D eigenvalue weighted by Crippen LogP contribution is 2.61. The fourth-order valence-corrected chi connectivity index (χ4v) is 5.30. The Balaban J connectivity index is 0. The van der Waals surface area contributed by atoms with E-state index >= 15 is 0 Å². The minimum atomic E-state index is -0.511. The molecule has 0 rings (SSSR count). The molecule has 0 heterocycles. The van der Waals surface area contributed by atoms with Gasteiger partial charge in [-0.3, -0.25) is 0 Å². The minimum absolute atomic E-state index is 0. The summed E-state index contributed by atoms with van der Waals surface area (Å²) in [5.41, 5.74) is 0.951. The zero-order valence-corrected chi connectivity index (χ0v) is 9.62. The lowest BCUT2D eigenvalue weighted by Gasteiger charge is -2.27. The van der Waals surface area contributed by atoms with Gasteiger partial charge in [-0.15, -0.1) is 0 Å². The zero-order valence-electron chi connectivity index (χ0n) is 8.72. The van der Waals surface area contributed by atoms with Crippen molar-refractivity contribution >= 4 is 15.7 Å². The van der Waals surface area contributed by atoms with E-state index in [4.69, 9.17) is 0 Å². The fraction of sp³-hybridized carbons (Fsp3) is 1.00. The highest BCUT2D eigenvalue weighted by atomic mass is 31.2. The van der Waals surface area contributed by atoms with Gasteiger partial charge in [-0.25, -0.2) is 0 Å². The number of hydrogen-bond donors (Lipinski definition) is 0. The molecule has 66 valence electrons. The highest BCUT2D eigenvalue weighted by Gasteiger charge is 2.34. The molecule has 0 unspecified atom stereocenters. The molecule has 11 heavy (non-hydrogen) atoms. The van der Waals surface area contributed by atoms with Crippen LogP contribution in [0.2, 0.25) is 0 Å². The van der Waals surface area contributed by atoms with E-state index < -0.39 is 7.26 Å². The Morgan fingerprint density at radius 3 is 1.18 bits per heavy atom. The van der Waals surface area contributed by atoms with Crippen LogP contribution < -0.4 is 0 Å². The van der Waals surface area contributed by atoms with E-state index in [1.807, 2.05) is 0 Å². The third-order valence-electron chi connectivity index (χ3n) is 2.98. The van der Waals surface area contributed by atoms with Gasteiger partial charge in [-0.1, -0.05) is 0 Å². The number of rotatable bonds is 4. The van der Waals surface area contributed by atoms with Crippen LogP contribution >= 0.6 is 7.26 Å². The molecule has 0 N–H and O–H groups in total. The van der Waals surface area contributed by atoms with E-state index in [9.17, 15) is 0 Å². The second-order valence-electron chi connectivity index (χ2n) is 3.26. The van der Waals surface area contributed by atoms with Crippen LogP contribution in [0.5, 0.6) is 0 Å². The van der Waals surface area contributed by atoms with Crippen molar-refractivity contribution in [3.63, 3.8) is 0 Å². The lowest BCUT2D eigenvalue weighted by atomic mass is 10.6. The quantitative estimate of drug-likeness (QED) is 0.451. The number of hydrogen-bond acceptors (Lipinski definition) is 0. The maximum absolute atomic E-state index is 2.39. The van der Waals surface area contributed by atoms with Crippen LogP contribution in [0, 0.1) is 0 Å². The summed E-state index contributed by atoms with van der Waals surface area (Å²) in [6.07, 6.45) is 4.33. The average Bonchev–Trinajstić information content (AvgIpc) is 1.92. The summed E-state index contributed by atoms with van der Waals surface area (Å²) in [7, 11) is -0.511. The monoisotopic (exact) mass is 172 g/mol. The van der Waals surface area contributed by atoms with Gasteiger partial charge in [0.2, 0.25) is 0 Å². The van der Waals surface area contributed by atoms with Crippen molar-refractivity contribution in [3.8, 4) is 0 Å². The Bertz CT molecular complexity index is 79.3. The van der Waals surface area contributed by atoms with Crippen LogP contribution in [0.3, 0.4) is 0 Å². The van der Waals surface area contributed by atoms with Crippen LogP contribution in [0.1, 0.15) is 34.6 Å². The molecule has 0 aromatic rings. The van der Waals surface area contributed by atoms with Crippen LogP contribution in [-0.2, 0) is 0 Å². The van der Waals surface area contributed by atoms with Crippen molar-refractivity contribution < 1.29 is 0 Å². The van der Waals surface area contributed by atoms with Gasteiger partial charge in [-0.05, 0) is 34.6 Å². The Kier molecular flexibility index (Phi) is 7.74. The Morgan fingerprint density at radius 1 is 0.909 bits per heavy atom. The average molecular weight is 172 g/mol. The maximum Gasteiger partial charge on any atom is 0.0641 e. The van der Waals surface area contributed by atoms with Crippen molar-refractivity contribution in [1.82, 2.24) is 0 Å². The Morgan fingerprint density at radius 2 is 1.18 bits per heavy atom. The lowest BCUT2D eigenvalue weighted by molar-refractivity contribution is 1.04. The zero-order chi connectivity index (χ0) is 8.20. The molecule has 0 aromatic heterocycles. The van der Waals surface area contributed by atoms with Crippen molar-refractivity contribution in [1.29, 1.82) is 0 Å². The van der Waals surface area contributed by atoms with Gasteiger partial charge in [-0.2, -0.15) is 0 Å². The predicted octanol–water partition coefficient (Wildman–Crippen LogP) is 3.09. The maximum atomic E-state index is 2.39. The van der Waals surface area contributed by atoms with Gasteiger partial charge < -0.3 is 8.41 Å². The van der Waals surface area contributed by atoms with Crippen LogP contribution in [0.4, 0.5) is 0 Å². The molecule has 0 spiro atoms. The summed E-state index contributed by atoms with van der Waals surface area (Å²) < 4.78 is 0. The van der Waals surface area contributed by atoms with E-state index in [0.717, 1.165) is 5.66 Å². The molecular weight excluding hydrogens is 150 g/mol. The third kappa shape index (κ3) is 3.15. The molecule has 2 heteroatoms. The Hall–Kier alpha value is 0.495. The van der Waals surface area contributed by atoms with Crippen molar-refractivity contribution in [2.24, 2.45) is 0 Å². The van der Waals surface area contributed by atoms with Gasteiger partial charge in [0.05, 0.1) is 24.1 Å². The summed E-state index contributed by atoms with van der Waals surface area (Å²) in [6, 6.07) is 0. The van der Waals surface area contributed by atoms with Gasteiger partial charge >= 0.3 is 0 Å². The van der Waals surface area contributed by atoms with E-state index in [0.29, 0.717) is 0 Å². The third-order valence-corrected chi connectivity index (χ3v) is 8.95. The van der Waals surface area contributed by atoms with E-state index in [-0.39, 0.29) is 8.41 Å². The SMILES string of the molecule is CC[P+](CC)(CC)C(C)C.[B-]. The van der Waals surface area contributed by atoms with Crippen molar-refractivity contribution in [2.45, 2.75) is 40.3 Å². The molecular formula is C9H22BP. The smallest absolute Gasteiger partial charge is 0.0641 e. The molecule has 4 radical (unpaired) electrons. The molecule has 0 aliphatic heterocycles. The normalized spacial score (nSPS) is 11.5. The molecule has 0 aliphatic rings. The molecule has 0 fully saturated rings. The fourth-order valence-electron chi connectivity index (χ4n) is 1.77. The topological polar surface area (TPSA) is 0 Å². The first-order valence-electron chi connectivity index (χ1n) is 4.48. The summed E-state index contributed by atoms with van der Waals surface area (Å²) in [6.45, 7) is 11.9.